The van der Waals surface area contributed by atoms with Crippen LogP contribution in [0.2, 0.25) is 5.02 Å². The first-order chi connectivity index (χ1) is 11.7. The van der Waals surface area contributed by atoms with Gasteiger partial charge in [0, 0.05) is 50.7 Å². The molecule has 7 heteroatoms. The summed E-state index contributed by atoms with van der Waals surface area (Å²) < 4.78 is 10.5. The first-order valence-electron chi connectivity index (χ1n) is 8.08. The van der Waals surface area contributed by atoms with Gasteiger partial charge in [0.1, 0.15) is 0 Å². The average Bonchev–Trinajstić information content (AvgIpc) is 3.19. The fraction of sp³-hybridized carbons (Fsp3) is 0.529. The molecule has 0 unspecified atom stereocenters. The van der Waals surface area contributed by atoms with Crippen LogP contribution in [0.25, 0.3) is 0 Å². The summed E-state index contributed by atoms with van der Waals surface area (Å²) in [6, 6.07) is 7.85. The summed E-state index contributed by atoms with van der Waals surface area (Å²) >= 11 is 6.05. The molecule has 2 aromatic rings. The van der Waals surface area contributed by atoms with Crippen molar-refractivity contribution in [3.05, 3.63) is 46.6 Å². The van der Waals surface area contributed by atoms with E-state index in [4.69, 9.17) is 20.9 Å². The van der Waals surface area contributed by atoms with Crippen LogP contribution < -0.4 is 0 Å². The second-order valence-electron chi connectivity index (χ2n) is 6.16. The summed E-state index contributed by atoms with van der Waals surface area (Å²) in [5.41, 5.74) is 1.16. The maximum atomic E-state index is 9.72. The maximum Gasteiger partial charge on any atom is 0.231 e. The minimum absolute atomic E-state index is 0.0537. The zero-order valence-corrected chi connectivity index (χ0v) is 14.4. The first kappa shape index (κ1) is 17.4. The molecule has 1 aromatic heterocycles. The Labute approximate surface area is 146 Å². The largest absolute Gasteiger partial charge is 0.396 e. The normalized spacial score (nSPS) is 21.5. The number of hydrogen-bond acceptors (Lipinski definition) is 6. The van der Waals surface area contributed by atoms with E-state index in [1.807, 2.05) is 18.2 Å². The van der Waals surface area contributed by atoms with Crippen molar-refractivity contribution in [3.63, 3.8) is 0 Å². The zero-order valence-electron chi connectivity index (χ0n) is 13.7. The summed E-state index contributed by atoms with van der Waals surface area (Å²) in [6.07, 6.45) is 0.628. The van der Waals surface area contributed by atoms with Crippen LogP contribution in [0.1, 0.15) is 23.2 Å². The number of hydrogen-bond donors (Lipinski definition) is 1. The Hall–Kier alpha value is -1.47. The molecule has 0 amide bonds. The van der Waals surface area contributed by atoms with E-state index in [0.717, 1.165) is 30.2 Å². The molecule has 1 N–H and O–H groups in total. The number of benzene rings is 1. The van der Waals surface area contributed by atoms with Crippen molar-refractivity contribution in [2.45, 2.75) is 18.9 Å². The van der Waals surface area contributed by atoms with Crippen molar-refractivity contribution >= 4 is 11.6 Å². The lowest BCUT2D eigenvalue weighted by Gasteiger charge is -2.15. The predicted octanol–water partition coefficient (Wildman–Crippen LogP) is 2.12. The standard InChI is InChI=1S/C17H22ClN3O3/c1-23-6-5-16-19-17(24-20-16)15-10-21(9-13(15)11-22)8-12-3-2-4-14(18)7-12/h2-4,7,13,15,22H,5-6,8-11H2,1H3/t13-,15+/m0/s1. The quantitative estimate of drug-likeness (QED) is 0.823. The second-order valence-corrected chi connectivity index (χ2v) is 6.60. The number of nitrogens with zero attached hydrogens (tertiary/aromatic N) is 3. The van der Waals surface area contributed by atoms with Crippen molar-refractivity contribution in [1.29, 1.82) is 0 Å². The van der Waals surface area contributed by atoms with Gasteiger partial charge in [-0.25, -0.2) is 0 Å². The van der Waals surface area contributed by atoms with Gasteiger partial charge in [-0.05, 0) is 17.7 Å². The summed E-state index contributed by atoms with van der Waals surface area (Å²) in [5, 5.41) is 14.5. The molecule has 6 nitrogen and oxygen atoms in total. The topological polar surface area (TPSA) is 71.6 Å². The van der Waals surface area contributed by atoms with E-state index in [2.05, 4.69) is 21.1 Å². The second kappa shape index (κ2) is 8.07. The highest BCUT2D eigenvalue weighted by Crippen LogP contribution is 2.32. The monoisotopic (exact) mass is 351 g/mol. The van der Waals surface area contributed by atoms with Gasteiger partial charge in [0.05, 0.1) is 12.5 Å². The molecule has 0 bridgehead atoms. The predicted molar refractivity (Wildman–Crippen MR) is 89.9 cm³/mol. The van der Waals surface area contributed by atoms with E-state index < -0.39 is 0 Å². The molecule has 2 heterocycles. The molecule has 130 valence electrons. The number of aliphatic hydroxyl groups excluding tert-OH is 1. The molecular formula is C17H22ClN3O3. The molecule has 0 spiro atoms. The summed E-state index contributed by atoms with van der Waals surface area (Å²) in [4.78, 5) is 6.75. The lowest BCUT2D eigenvalue weighted by molar-refractivity contribution is 0.199. The van der Waals surface area contributed by atoms with Crippen LogP contribution in [0.15, 0.2) is 28.8 Å². The van der Waals surface area contributed by atoms with Crippen LogP contribution in [0, 0.1) is 5.92 Å². The van der Waals surface area contributed by atoms with Crippen LogP contribution >= 0.6 is 11.6 Å². The van der Waals surface area contributed by atoms with Gasteiger partial charge < -0.3 is 14.4 Å². The Morgan fingerprint density at radius 2 is 2.29 bits per heavy atom. The Kier molecular flexibility index (Phi) is 5.84. The Balaban J connectivity index is 1.66. The molecule has 1 aliphatic heterocycles. The Morgan fingerprint density at radius 3 is 3.04 bits per heavy atom. The fourth-order valence-electron chi connectivity index (χ4n) is 3.16. The number of methoxy groups -OCH3 is 1. The third kappa shape index (κ3) is 4.13. The Bertz CT molecular complexity index is 664. The van der Waals surface area contributed by atoms with Gasteiger partial charge in [-0.3, -0.25) is 4.90 Å². The number of aliphatic hydroxyl groups is 1. The van der Waals surface area contributed by atoms with Crippen molar-refractivity contribution in [2.24, 2.45) is 5.92 Å². The molecule has 3 rings (SSSR count). The minimum Gasteiger partial charge on any atom is -0.396 e. The summed E-state index contributed by atoms with van der Waals surface area (Å²) in [6.45, 7) is 3.03. The number of aromatic nitrogens is 2. The molecular weight excluding hydrogens is 330 g/mol. The number of halogens is 1. The SMILES string of the molecule is COCCc1noc([C@@H]2CN(Cc3cccc(Cl)c3)C[C@H]2CO)n1. The van der Waals surface area contributed by atoms with E-state index in [9.17, 15) is 5.11 Å². The number of likely N-dealkylation sites (tertiary alicyclic amines) is 1. The van der Waals surface area contributed by atoms with Crippen molar-refractivity contribution in [2.75, 3.05) is 33.4 Å². The van der Waals surface area contributed by atoms with E-state index in [1.54, 1.807) is 7.11 Å². The van der Waals surface area contributed by atoms with Crippen molar-refractivity contribution in [1.82, 2.24) is 15.0 Å². The third-order valence-electron chi connectivity index (χ3n) is 4.38. The van der Waals surface area contributed by atoms with E-state index in [1.165, 1.54) is 0 Å². The average molecular weight is 352 g/mol. The highest BCUT2D eigenvalue weighted by atomic mass is 35.5. The number of rotatable bonds is 7. The van der Waals surface area contributed by atoms with Crippen molar-refractivity contribution < 1.29 is 14.4 Å². The van der Waals surface area contributed by atoms with Crippen LogP contribution in [0.4, 0.5) is 0 Å². The van der Waals surface area contributed by atoms with Gasteiger partial charge in [-0.15, -0.1) is 0 Å². The van der Waals surface area contributed by atoms with Crippen molar-refractivity contribution in [3.8, 4) is 0 Å². The molecule has 1 aromatic carbocycles. The molecule has 2 atom stereocenters. The molecule has 1 saturated heterocycles. The number of ether oxygens (including phenoxy) is 1. The fourth-order valence-corrected chi connectivity index (χ4v) is 3.37. The first-order valence-corrected chi connectivity index (χ1v) is 8.46. The lowest BCUT2D eigenvalue weighted by atomic mass is 9.97. The van der Waals surface area contributed by atoms with Crippen LogP contribution in [0.3, 0.4) is 0 Å². The molecule has 0 radical (unpaired) electrons. The molecule has 24 heavy (non-hydrogen) atoms. The third-order valence-corrected chi connectivity index (χ3v) is 4.61. The van der Waals surface area contributed by atoms with Gasteiger partial charge in [0.2, 0.25) is 5.89 Å². The highest BCUT2D eigenvalue weighted by molar-refractivity contribution is 6.30. The zero-order chi connectivity index (χ0) is 16.9. The van der Waals surface area contributed by atoms with Gasteiger partial charge in [0.25, 0.3) is 0 Å². The van der Waals surface area contributed by atoms with Gasteiger partial charge in [-0.2, -0.15) is 4.98 Å². The van der Waals surface area contributed by atoms with E-state index in [-0.39, 0.29) is 18.4 Å². The Morgan fingerprint density at radius 1 is 1.42 bits per heavy atom. The summed E-state index contributed by atoms with van der Waals surface area (Å²) in [5.74, 6) is 1.41. The highest BCUT2D eigenvalue weighted by Gasteiger charge is 2.37. The van der Waals surface area contributed by atoms with Crippen LogP contribution in [-0.4, -0.2) is 53.6 Å². The van der Waals surface area contributed by atoms with Gasteiger partial charge in [0.15, 0.2) is 5.82 Å². The smallest absolute Gasteiger partial charge is 0.231 e. The van der Waals surface area contributed by atoms with Gasteiger partial charge in [-0.1, -0.05) is 28.9 Å². The van der Waals surface area contributed by atoms with E-state index in [0.29, 0.717) is 24.7 Å². The van der Waals surface area contributed by atoms with Crippen LogP contribution in [-0.2, 0) is 17.7 Å². The van der Waals surface area contributed by atoms with E-state index >= 15 is 0 Å². The molecule has 0 saturated carbocycles. The van der Waals surface area contributed by atoms with Crippen LogP contribution in [0.5, 0.6) is 0 Å². The molecule has 0 aliphatic carbocycles. The molecule has 1 fully saturated rings. The van der Waals surface area contributed by atoms with Gasteiger partial charge >= 0.3 is 0 Å². The summed E-state index contributed by atoms with van der Waals surface area (Å²) in [7, 11) is 1.65. The minimum atomic E-state index is 0.0537. The molecule has 1 aliphatic rings. The maximum absolute atomic E-state index is 9.72. The lowest BCUT2D eigenvalue weighted by Crippen LogP contribution is -2.20.